The van der Waals surface area contributed by atoms with Crippen LogP contribution in [0.1, 0.15) is 33.6 Å². The fraction of sp³-hybridized carbons (Fsp3) is 0.500. The normalized spacial score (nSPS) is 15.3. The number of anilines is 2. The van der Waals surface area contributed by atoms with Gasteiger partial charge in [-0.15, -0.1) is 11.8 Å². The molecule has 22 heavy (non-hydrogen) atoms. The minimum Gasteiger partial charge on any atom is -0.325 e. The number of thioether (sulfide) groups is 1. The van der Waals surface area contributed by atoms with E-state index in [-0.39, 0.29) is 16.6 Å². The van der Waals surface area contributed by atoms with E-state index in [0.717, 1.165) is 6.42 Å². The molecule has 1 aliphatic heterocycles. The monoisotopic (exact) mass is 340 g/mol. The summed E-state index contributed by atoms with van der Waals surface area (Å²) >= 11 is 7.85. The minimum atomic E-state index is -0.0546. The summed E-state index contributed by atoms with van der Waals surface area (Å²) in [5, 5.41) is 3.32. The molecule has 0 radical (unpaired) electrons. The first-order valence-electron chi connectivity index (χ1n) is 7.30. The molecule has 1 aliphatic rings. The van der Waals surface area contributed by atoms with E-state index >= 15 is 0 Å². The predicted octanol–water partition coefficient (Wildman–Crippen LogP) is 3.94. The van der Waals surface area contributed by atoms with Crippen LogP contribution in [-0.2, 0) is 9.59 Å². The topological polar surface area (TPSA) is 49.4 Å². The number of hydrogen-bond acceptors (Lipinski definition) is 3. The van der Waals surface area contributed by atoms with Crippen LogP contribution in [0.5, 0.6) is 0 Å². The van der Waals surface area contributed by atoms with Crippen LogP contribution in [0.3, 0.4) is 0 Å². The van der Waals surface area contributed by atoms with Gasteiger partial charge in [-0.05, 0) is 24.6 Å². The first-order valence-corrected chi connectivity index (χ1v) is 8.66. The van der Waals surface area contributed by atoms with Crippen molar-refractivity contribution in [3.63, 3.8) is 0 Å². The number of halogens is 1. The van der Waals surface area contributed by atoms with E-state index in [9.17, 15) is 9.59 Å². The third-order valence-electron chi connectivity index (χ3n) is 3.23. The van der Waals surface area contributed by atoms with Crippen molar-refractivity contribution < 1.29 is 9.59 Å². The number of amides is 2. The summed E-state index contributed by atoms with van der Waals surface area (Å²) in [7, 11) is 0. The van der Waals surface area contributed by atoms with Crippen molar-refractivity contribution in [3.8, 4) is 0 Å². The van der Waals surface area contributed by atoms with Gasteiger partial charge in [0.25, 0.3) is 0 Å². The zero-order chi connectivity index (χ0) is 16.3. The summed E-state index contributed by atoms with van der Waals surface area (Å²) in [6.45, 7) is 6.92. The molecule has 0 saturated carbocycles. The number of nitrogens with zero attached hydrogens (tertiary/aromatic N) is 1. The molecule has 6 heteroatoms. The Balaban J connectivity index is 2.00. The zero-order valence-corrected chi connectivity index (χ0v) is 14.7. The molecule has 2 rings (SSSR count). The lowest BCUT2D eigenvalue weighted by Crippen LogP contribution is -2.24. The Morgan fingerprint density at radius 2 is 2.14 bits per heavy atom. The molecule has 1 heterocycles. The van der Waals surface area contributed by atoms with Crippen molar-refractivity contribution in [2.24, 2.45) is 0 Å². The van der Waals surface area contributed by atoms with Crippen molar-refractivity contribution in [1.82, 2.24) is 0 Å². The van der Waals surface area contributed by atoms with Crippen LogP contribution in [-0.4, -0.2) is 28.9 Å². The Bertz CT molecular complexity index is 584. The second kappa shape index (κ2) is 6.92. The van der Waals surface area contributed by atoms with Gasteiger partial charge in [-0.1, -0.05) is 32.4 Å². The van der Waals surface area contributed by atoms with Gasteiger partial charge in [0.2, 0.25) is 11.8 Å². The number of rotatable bonds is 4. The summed E-state index contributed by atoms with van der Waals surface area (Å²) < 4.78 is 0.0506. The van der Waals surface area contributed by atoms with E-state index < -0.39 is 0 Å². The lowest BCUT2D eigenvalue weighted by molar-refractivity contribution is -0.117. The van der Waals surface area contributed by atoms with Gasteiger partial charge in [0.1, 0.15) is 0 Å². The van der Waals surface area contributed by atoms with Crippen LogP contribution >= 0.6 is 23.4 Å². The second-order valence-electron chi connectivity index (χ2n) is 6.26. The summed E-state index contributed by atoms with van der Waals surface area (Å²) in [4.78, 5) is 25.4. The molecule has 0 aliphatic carbocycles. The lowest BCUT2D eigenvalue weighted by Gasteiger charge is -2.19. The van der Waals surface area contributed by atoms with E-state index in [1.807, 2.05) is 0 Å². The largest absolute Gasteiger partial charge is 0.325 e. The molecule has 0 unspecified atom stereocenters. The Morgan fingerprint density at radius 1 is 1.41 bits per heavy atom. The standard InChI is InChI=1S/C16H21ClN2O2S/c1-16(2,3)22-10-14(20)18-11-6-7-13(12(17)9-11)19-8-4-5-15(19)21/h6-7,9H,4-5,8,10H2,1-3H3,(H,18,20). The third-order valence-corrected chi connectivity index (χ3v) is 4.81. The molecule has 0 bridgehead atoms. The van der Waals surface area contributed by atoms with Crippen LogP contribution < -0.4 is 10.2 Å². The molecular formula is C16H21ClN2O2S. The molecule has 1 N–H and O–H groups in total. The average Bonchev–Trinajstić information content (AvgIpc) is 2.82. The van der Waals surface area contributed by atoms with Crippen LogP contribution in [0.4, 0.5) is 11.4 Å². The van der Waals surface area contributed by atoms with Gasteiger partial charge in [0, 0.05) is 23.4 Å². The van der Waals surface area contributed by atoms with E-state index in [4.69, 9.17) is 11.6 Å². The van der Waals surface area contributed by atoms with Crippen molar-refractivity contribution in [1.29, 1.82) is 0 Å². The van der Waals surface area contributed by atoms with E-state index in [2.05, 4.69) is 26.1 Å². The summed E-state index contributed by atoms with van der Waals surface area (Å²) in [5.41, 5.74) is 1.37. The average molecular weight is 341 g/mol. The van der Waals surface area contributed by atoms with Gasteiger partial charge in [0.15, 0.2) is 0 Å². The Hall–Kier alpha value is -1.20. The van der Waals surface area contributed by atoms with Crippen molar-refractivity contribution >= 4 is 46.6 Å². The maximum Gasteiger partial charge on any atom is 0.234 e. The van der Waals surface area contributed by atoms with Gasteiger partial charge < -0.3 is 10.2 Å². The number of hydrogen-bond donors (Lipinski definition) is 1. The van der Waals surface area contributed by atoms with Crippen molar-refractivity contribution in [2.75, 3.05) is 22.5 Å². The highest BCUT2D eigenvalue weighted by Gasteiger charge is 2.23. The Kier molecular flexibility index (Phi) is 5.40. The van der Waals surface area contributed by atoms with Gasteiger partial charge in [0.05, 0.1) is 16.5 Å². The molecule has 120 valence electrons. The van der Waals surface area contributed by atoms with E-state index in [0.29, 0.717) is 35.1 Å². The maximum absolute atomic E-state index is 11.9. The number of benzene rings is 1. The lowest BCUT2D eigenvalue weighted by atomic mass is 10.2. The summed E-state index contributed by atoms with van der Waals surface area (Å²) in [5.74, 6) is 0.439. The van der Waals surface area contributed by atoms with Gasteiger partial charge >= 0.3 is 0 Å². The Labute approximate surface area is 140 Å². The van der Waals surface area contributed by atoms with Crippen molar-refractivity contribution in [3.05, 3.63) is 23.2 Å². The Morgan fingerprint density at radius 3 is 2.68 bits per heavy atom. The molecular weight excluding hydrogens is 320 g/mol. The fourth-order valence-corrected chi connectivity index (χ4v) is 3.10. The second-order valence-corrected chi connectivity index (χ2v) is 8.47. The van der Waals surface area contributed by atoms with Crippen LogP contribution in [0.15, 0.2) is 18.2 Å². The molecule has 0 spiro atoms. The van der Waals surface area contributed by atoms with Gasteiger partial charge in [-0.25, -0.2) is 0 Å². The highest BCUT2D eigenvalue weighted by Crippen LogP contribution is 2.32. The highest BCUT2D eigenvalue weighted by molar-refractivity contribution is 8.01. The summed E-state index contributed by atoms with van der Waals surface area (Å²) in [6.07, 6.45) is 1.43. The highest BCUT2D eigenvalue weighted by atomic mass is 35.5. The predicted molar refractivity (Wildman–Crippen MR) is 93.9 cm³/mol. The number of carbonyl (C=O) groups excluding carboxylic acids is 2. The SMILES string of the molecule is CC(C)(C)SCC(=O)Nc1ccc(N2CCCC2=O)c(Cl)c1. The first-order chi connectivity index (χ1) is 10.3. The van der Waals surface area contributed by atoms with Crippen LogP contribution in [0, 0.1) is 0 Å². The summed E-state index contributed by atoms with van der Waals surface area (Å²) in [6, 6.07) is 5.27. The minimum absolute atomic E-state index is 0.0506. The van der Waals surface area contributed by atoms with E-state index in [1.54, 1.807) is 34.9 Å². The first kappa shape index (κ1) is 17.2. The zero-order valence-electron chi connectivity index (χ0n) is 13.1. The molecule has 2 amide bonds. The number of carbonyl (C=O) groups is 2. The van der Waals surface area contributed by atoms with Gasteiger partial charge in [-0.3, -0.25) is 9.59 Å². The molecule has 0 atom stereocenters. The van der Waals surface area contributed by atoms with Crippen molar-refractivity contribution in [2.45, 2.75) is 38.4 Å². The molecule has 1 saturated heterocycles. The fourth-order valence-electron chi connectivity index (χ4n) is 2.19. The molecule has 1 fully saturated rings. The van der Waals surface area contributed by atoms with Crippen LogP contribution in [0.25, 0.3) is 0 Å². The van der Waals surface area contributed by atoms with E-state index in [1.165, 1.54) is 0 Å². The van der Waals surface area contributed by atoms with Crippen LogP contribution in [0.2, 0.25) is 5.02 Å². The molecule has 4 nitrogen and oxygen atoms in total. The number of nitrogens with one attached hydrogen (secondary N) is 1. The molecule has 0 aromatic heterocycles. The third kappa shape index (κ3) is 4.65. The molecule has 1 aromatic rings. The maximum atomic E-state index is 11.9. The molecule has 1 aromatic carbocycles. The quantitative estimate of drug-likeness (QED) is 0.903. The smallest absolute Gasteiger partial charge is 0.234 e. The van der Waals surface area contributed by atoms with Gasteiger partial charge in [-0.2, -0.15) is 0 Å².